The van der Waals surface area contributed by atoms with Gasteiger partial charge in [-0.3, -0.25) is 0 Å². The molecular weight excluding hydrogens is 280 g/mol. The number of allylic oxidation sites excluding steroid dienone is 8. The average Bonchev–Trinajstić information content (AvgIpc) is 2.80. The fourth-order valence-corrected chi connectivity index (χ4v) is 2.87. The van der Waals surface area contributed by atoms with E-state index < -0.39 is 0 Å². The van der Waals surface area contributed by atoms with Crippen LogP contribution in [0.4, 0.5) is 0 Å². The van der Waals surface area contributed by atoms with Crippen LogP contribution in [0, 0.1) is 6.92 Å². The second-order valence-corrected chi connectivity index (χ2v) is 6.91. The van der Waals surface area contributed by atoms with Crippen LogP contribution in [0.3, 0.4) is 0 Å². The second kappa shape index (κ2) is 8.76. The van der Waals surface area contributed by atoms with E-state index >= 15 is 0 Å². The summed E-state index contributed by atoms with van der Waals surface area (Å²) in [5.74, 6) is 2.04. The Bertz CT molecular complexity index is 635. The lowest BCUT2D eigenvalue weighted by atomic mass is 10.0. The van der Waals surface area contributed by atoms with Crippen molar-refractivity contribution in [3.8, 4) is 0 Å². The summed E-state index contributed by atoms with van der Waals surface area (Å²) in [6.45, 7) is 8.63. The zero-order chi connectivity index (χ0) is 16.7. The first-order valence-electron chi connectivity index (χ1n) is 8.76. The molecule has 0 aliphatic heterocycles. The average molecular weight is 310 g/mol. The van der Waals surface area contributed by atoms with Gasteiger partial charge in [-0.15, -0.1) is 0 Å². The standard InChI is InChI=1S/C22H30O/c1-17-6-5-7-21(13-10-17)14-11-18(2)8-9-19(3)16-22-15-12-20(4)23-22/h8-10,12-13,15H,5-7,11,14,16H2,1-4H3/b18-8+,19-9+. The van der Waals surface area contributed by atoms with Crippen LogP contribution in [0.1, 0.15) is 64.4 Å². The lowest BCUT2D eigenvalue weighted by Gasteiger charge is -2.05. The third-order valence-electron chi connectivity index (χ3n) is 4.41. The highest BCUT2D eigenvalue weighted by atomic mass is 16.3. The van der Waals surface area contributed by atoms with Crippen LogP contribution in [0.5, 0.6) is 0 Å². The molecule has 0 unspecified atom stereocenters. The van der Waals surface area contributed by atoms with Gasteiger partial charge in [-0.1, -0.05) is 46.6 Å². The van der Waals surface area contributed by atoms with Crippen molar-refractivity contribution in [2.75, 3.05) is 0 Å². The lowest BCUT2D eigenvalue weighted by molar-refractivity contribution is 0.492. The Kier molecular flexibility index (Phi) is 6.70. The predicted molar refractivity (Wildman–Crippen MR) is 99.6 cm³/mol. The largest absolute Gasteiger partial charge is 0.466 e. The maximum atomic E-state index is 5.63. The van der Waals surface area contributed by atoms with Crippen LogP contribution in [0.15, 0.2) is 63.1 Å². The van der Waals surface area contributed by atoms with E-state index in [9.17, 15) is 0 Å². The summed E-state index contributed by atoms with van der Waals surface area (Å²) >= 11 is 0. The van der Waals surface area contributed by atoms with Crippen molar-refractivity contribution in [1.82, 2.24) is 0 Å². The minimum Gasteiger partial charge on any atom is -0.466 e. The fourth-order valence-electron chi connectivity index (χ4n) is 2.87. The van der Waals surface area contributed by atoms with Gasteiger partial charge in [0.15, 0.2) is 0 Å². The van der Waals surface area contributed by atoms with Gasteiger partial charge in [0, 0.05) is 6.42 Å². The van der Waals surface area contributed by atoms with Crippen molar-refractivity contribution in [3.05, 3.63) is 70.2 Å². The quantitative estimate of drug-likeness (QED) is 0.523. The van der Waals surface area contributed by atoms with E-state index in [4.69, 9.17) is 4.42 Å². The third-order valence-corrected chi connectivity index (χ3v) is 4.41. The third kappa shape index (κ3) is 6.48. The van der Waals surface area contributed by atoms with E-state index in [2.05, 4.69) is 51.1 Å². The van der Waals surface area contributed by atoms with Crippen molar-refractivity contribution in [2.45, 2.75) is 66.2 Å². The molecule has 0 saturated carbocycles. The summed E-state index contributed by atoms with van der Waals surface area (Å²) in [4.78, 5) is 0. The Balaban J connectivity index is 1.83. The molecule has 0 radical (unpaired) electrons. The first-order chi connectivity index (χ1) is 11.0. The van der Waals surface area contributed by atoms with Crippen LogP contribution in [-0.4, -0.2) is 0 Å². The van der Waals surface area contributed by atoms with E-state index in [1.54, 1.807) is 5.57 Å². The van der Waals surface area contributed by atoms with Gasteiger partial charge in [-0.2, -0.15) is 0 Å². The summed E-state index contributed by atoms with van der Waals surface area (Å²) in [5.41, 5.74) is 5.90. The highest BCUT2D eigenvalue weighted by Crippen LogP contribution is 2.22. The van der Waals surface area contributed by atoms with Gasteiger partial charge in [0.05, 0.1) is 0 Å². The number of hydrogen-bond acceptors (Lipinski definition) is 1. The molecule has 0 aromatic carbocycles. The van der Waals surface area contributed by atoms with Gasteiger partial charge >= 0.3 is 0 Å². The SMILES string of the molecule is CC1=CC=C(CC/C(C)=C/C=C(\C)Cc2ccc(C)o2)CCC1. The molecule has 1 heterocycles. The molecule has 1 aliphatic rings. The van der Waals surface area contributed by atoms with Gasteiger partial charge in [0.25, 0.3) is 0 Å². The molecule has 23 heavy (non-hydrogen) atoms. The summed E-state index contributed by atoms with van der Waals surface area (Å²) in [7, 11) is 0. The van der Waals surface area contributed by atoms with Crippen molar-refractivity contribution < 1.29 is 4.42 Å². The van der Waals surface area contributed by atoms with Crippen LogP contribution in [0.2, 0.25) is 0 Å². The number of hydrogen-bond donors (Lipinski definition) is 0. The van der Waals surface area contributed by atoms with Gasteiger partial charge in [-0.25, -0.2) is 0 Å². The van der Waals surface area contributed by atoms with Crippen molar-refractivity contribution in [2.24, 2.45) is 0 Å². The predicted octanol–water partition coefficient (Wildman–Crippen LogP) is 6.86. The van der Waals surface area contributed by atoms with E-state index in [1.165, 1.54) is 42.4 Å². The molecule has 1 aromatic heterocycles. The molecule has 1 aliphatic carbocycles. The Morgan fingerprint density at radius 3 is 2.57 bits per heavy atom. The first-order valence-corrected chi connectivity index (χ1v) is 8.76. The lowest BCUT2D eigenvalue weighted by Crippen LogP contribution is -1.86. The molecule has 1 aromatic rings. The van der Waals surface area contributed by atoms with Gasteiger partial charge in [-0.05, 0) is 71.9 Å². The van der Waals surface area contributed by atoms with Crippen LogP contribution < -0.4 is 0 Å². The summed E-state index contributed by atoms with van der Waals surface area (Å²) in [5, 5.41) is 0. The fraction of sp³-hybridized carbons (Fsp3) is 0.455. The zero-order valence-corrected chi connectivity index (χ0v) is 15.1. The minimum atomic E-state index is 0.896. The Morgan fingerprint density at radius 1 is 1.04 bits per heavy atom. The highest BCUT2D eigenvalue weighted by Gasteiger charge is 2.03. The summed E-state index contributed by atoms with van der Waals surface area (Å²) in [6.07, 6.45) is 16.2. The van der Waals surface area contributed by atoms with Crippen molar-refractivity contribution >= 4 is 0 Å². The summed E-state index contributed by atoms with van der Waals surface area (Å²) < 4.78 is 5.63. The van der Waals surface area contributed by atoms with Crippen molar-refractivity contribution in [1.29, 1.82) is 0 Å². The normalized spacial score (nSPS) is 16.9. The van der Waals surface area contributed by atoms with E-state index in [0.29, 0.717) is 0 Å². The van der Waals surface area contributed by atoms with Crippen LogP contribution >= 0.6 is 0 Å². The van der Waals surface area contributed by atoms with Crippen LogP contribution in [0.25, 0.3) is 0 Å². The molecule has 0 spiro atoms. The molecule has 0 bridgehead atoms. The molecule has 0 saturated heterocycles. The Labute approximate surface area is 141 Å². The highest BCUT2D eigenvalue weighted by molar-refractivity contribution is 5.23. The van der Waals surface area contributed by atoms with Gasteiger partial charge in [0.1, 0.15) is 11.5 Å². The Morgan fingerprint density at radius 2 is 1.83 bits per heavy atom. The van der Waals surface area contributed by atoms with Gasteiger partial charge in [0.2, 0.25) is 0 Å². The van der Waals surface area contributed by atoms with E-state index in [-0.39, 0.29) is 0 Å². The molecule has 124 valence electrons. The molecular formula is C22H30O. The van der Waals surface area contributed by atoms with E-state index in [0.717, 1.165) is 24.4 Å². The number of rotatable bonds is 6. The molecule has 0 N–H and O–H groups in total. The Hall–Kier alpha value is -1.76. The molecule has 1 nitrogen and oxygen atoms in total. The maximum Gasteiger partial charge on any atom is 0.108 e. The first kappa shape index (κ1) is 17.6. The van der Waals surface area contributed by atoms with Crippen LogP contribution in [-0.2, 0) is 6.42 Å². The van der Waals surface area contributed by atoms with Gasteiger partial charge < -0.3 is 4.42 Å². The molecule has 1 heteroatoms. The number of furan rings is 1. The topological polar surface area (TPSA) is 13.1 Å². The maximum absolute atomic E-state index is 5.63. The molecule has 0 atom stereocenters. The van der Waals surface area contributed by atoms with Crippen molar-refractivity contribution in [3.63, 3.8) is 0 Å². The molecule has 0 fully saturated rings. The molecule has 2 rings (SSSR count). The monoisotopic (exact) mass is 310 g/mol. The smallest absolute Gasteiger partial charge is 0.108 e. The minimum absolute atomic E-state index is 0.896. The van der Waals surface area contributed by atoms with E-state index in [1.807, 2.05) is 13.0 Å². The number of aryl methyl sites for hydroxylation is 1. The summed E-state index contributed by atoms with van der Waals surface area (Å²) in [6, 6.07) is 4.09. The zero-order valence-electron chi connectivity index (χ0n) is 15.1. The molecule has 0 amide bonds. The second-order valence-electron chi connectivity index (χ2n) is 6.91.